The van der Waals surface area contributed by atoms with Crippen LogP contribution in [0.4, 0.5) is 0 Å². The number of thiophene rings is 1. The Morgan fingerprint density at radius 1 is 0.265 bits per heavy atom. The van der Waals surface area contributed by atoms with Gasteiger partial charge >= 0.3 is 0 Å². The Kier molecular flexibility index (Phi) is 7.34. The van der Waals surface area contributed by atoms with E-state index in [0.717, 1.165) is 44.5 Å². The van der Waals surface area contributed by atoms with E-state index in [0.29, 0.717) is 17.5 Å². The maximum atomic E-state index is 5.12. The molecule has 0 unspecified atom stereocenters. The van der Waals surface area contributed by atoms with E-state index in [1.807, 2.05) is 53.8 Å². The average molecular weight is 644 g/mol. The largest absolute Gasteiger partial charge is 0.208 e. The molecule has 3 nitrogen and oxygen atoms in total. The lowest BCUT2D eigenvalue weighted by Gasteiger charge is -2.12. The van der Waals surface area contributed by atoms with E-state index in [2.05, 4.69) is 133 Å². The molecule has 0 radical (unpaired) electrons. The van der Waals surface area contributed by atoms with Gasteiger partial charge in [-0.3, -0.25) is 0 Å². The molecule has 2 heterocycles. The molecule has 0 fully saturated rings. The second-order valence-electron chi connectivity index (χ2n) is 12.1. The van der Waals surface area contributed by atoms with E-state index in [-0.39, 0.29) is 0 Å². The van der Waals surface area contributed by atoms with E-state index in [1.165, 1.54) is 25.7 Å². The van der Waals surface area contributed by atoms with Crippen LogP contribution in [0.3, 0.4) is 0 Å². The molecule has 0 aliphatic rings. The molecular weight excluding hydrogens is 615 g/mol. The summed E-state index contributed by atoms with van der Waals surface area (Å²) in [6, 6.07) is 61.7. The predicted molar refractivity (Wildman–Crippen MR) is 205 cm³/mol. The molecule has 9 aromatic rings. The van der Waals surface area contributed by atoms with Crippen molar-refractivity contribution in [2.45, 2.75) is 0 Å². The fourth-order valence-corrected chi connectivity index (χ4v) is 7.51. The minimum atomic E-state index is 0.637. The molecule has 2 aromatic heterocycles. The quantitative estimate of drug-likeness (QED) is 0.181. The molecule has 0 spiro atoms. The van der Waals surface area contributed by atoms with Gasteiger partial charge in [-0.05, 0) is 69.8 Å². The third-order valence-electron chi connectivity index (χ3n) is 8.93. The first-order valence-electron chi connectivity index (χ1n) is 16.4. The number of benzene rings is 7. The standard InChI is InChI=1S/C45H29N3S/c1-4-12-30(13-5-1)36-26-37(31-14-6-2-7-15-31)28-38(27-36)45-47-43(33-16-8-3-9-17-33)46-44(48-45)34-22-20-32(21-23-34)35-24-25-42-40(29-35)39-18-10-11-19-41(39)49-42/h1-29H. The smallest absolute Gasteiger partial charge is 0.164 e. The predicted octanol–water partition coefficient (Wildman–Crippen LogP) is 12.2. The molecule has 4 heteroatoms. The highest BCUT2D eigenvalue weighted by atomic mass is 32.1. The molecule has 0 saturated carbocycles. The Morgan fingerprint density at radius 3 is 1.29 bits per heavy atom. The zero-order valence-corrected chi connectivity index (χ0v) is 27.3. The van der Waals surface area contributed by atoms with E-state index in [9.17, 15) is 0 Å². The molecule has 0 saturated heterocycles. The highest BCUT2D eigenvalue weighted by Gasteiger charge is 2.15. The van der Waals surface area contributed by atoms with Gasteiger partial charge in [-0.2, -0.15) is 0 Å². The summed E-state index contributed by atoms with van der Waals surface area (Å²) in [5.41, 5.74) is 9.67. The van der Waals surface area contributed by atoms with Gasteiger partial charge in [0.2, 0.25) is 0 Å². The Balaban J connectivity index is 1.16. The van der Waals surface area contributed by atoms with Crippen LogP contribution in [0.2, 0.25) is 0 Å². The number of hydrogen-bond acceptors (Lipinski definition) is 4. The van der Waals surface area contributed by atoms with Crippen molar-refractivity contribution in [3.63, 3.8) is 0 Å². The number of rotatable bonds is 6. The SMILES string of the molecule is c1ccc(-c2cc(-c3ccccc3)cc(-c3nc(-c4ccccc4)nc(-c4ccc(-c5ccc6sc7ccccc7c6c5)cc4)n3)c2)cc1. The molecule has 0 bridgehead atoms. The third-order valence-corrected chi connectivity index (χ3v) is 10.1. The van der Waals surface area contributed by atoms with Crippen LogP contribution in [-0.2, 0) is 0 Å². The summed E-state index contributed by atoms with van der Waals surface area (Å²) in [4.78, 5) is 15.2. The fraction of sp³-hybridized carbons (Fsp3) is 0. The normalized spacial score (nSPS) is 11.3. The highest BCUT2D eigenvalue weighted by molar-refractivity contribution is 7.25. The second kappa shape index (κ2) is 12.4. The van der Waals surface area contributed by atoms with Crippen LogP contribution in [0.1, 0.15) is 0 Å². The van der Waals surface area contributed by atoms with Crippen molar-refractivity contribution < 1.29 is 0 Å². The van der Waals surface area contributed by atoms with Crippen molar-refractivity contribution in [1.29, 1.82) is 0 Å². The van der Waals surface area contributed by atoms with Crippen LogP contribution in [0, 0.1) is 0 Å². The van der Waals surface area contributed by atoms with Crippen LogP contribution in [-0.4, -0.2) is 15.0 Å². The first kappa shape index (κ1) is 29.0. The van der Waals surface area contributed by atoms with Gasteiger partial charge in [-0.1, -0.05) is 140 Å². The first-order chi connectivity index (χ1) is 24.2. The minimum Gasteiger partial charge on any atom is -0.208 e. The number of fused-ring (bicyclic) bond motifs is 3. The summed E-state index contributed by atoms with van der Waals surface area (Å²) in [5, 5.41) is 2.60. The summed E-state index contributed by atoms with van der Waals surface area (Å²) >= 11 is 1.84. The van der Waals surface area contributed by atoms with E-state index in [4.69, 9.17) is 15.0 Å². The molecule has 230 valence electrons. The van der Waals surface area contributed by atoms with Crippen molar-refractivity contribution in [2.24, 2.45) is 0 Å². The molecule has 0 amide bonds. The second-order valence-corrected chi connectivity index (χ2v) is 13.2. The molecule has 7 aromatic carbocycles. The van der Waals surface area contributed by atoms with E-state index < -0.39 is 0 Å². The van der Waals surface area contributed by atoms with Crippen LogP contribution < -0.4 is 0 Å². The van der Waals surface area contributed by atoms with Gasteiger partial charge in [0.25, 0.3) is 0 Å². The van der Waals surface area contributed by atoms with Gasteiger partial charge in [-0.15, -0.1) is 11.3 Å². The summed E-state index contributed by atoms with van der Waals surface area (Å²) < 4.78 is 2.62. The maximum Gasteiger partial charge on any atom is 0.164 e. The molecular formula is C45H29N3S. The Bertz CT molecular complexity index is 2520. The molecule has 0 aliphatic heterocycles. The van der Waals surface area contributed by atoms with E-state index in [1.54, 1.807) is 0 Å². The lowest BCUT2D eigenvalue weighted by molar-refractivity contribution is 1.07. The van der Waals surface area contributed by atoms with Gasteiger partial charge in [0.1, 0.15) is 0 Å². The summed E-state index contributed by atoms with van der Waals surface area (Å²) in [6.07, 6.45) is 0. The van der Waals surface area contributed by atoms with Gasteiger partial charge in [0, 0.05) is 36.9 Å². The third kappa shape index (κ3) is 5.69. The number of aromatic nitrogens is 3. The Labute approximate surface area is 288 Å². The summed E-state index contributed by atoms with van der Waals surface area (Å²) in [6.45, 7) is 0. The van der Waals surface area contributed by atoms with Crippen molar-refractivity contribution >= 4 is 31.5 Å². The topological polar surface area (TPSA) is 38.7 Å². The van der Waals surface area contributed by atoms with Crippen LogP contribution in [0.15, 0.2) is 176 Å². The monoisotopic (exact) mass is 643 g/mol. The maximum absolute atomic E-state index is 5.12. The van der Waals surface area contributed by atoms with Crippen LogP contribution >= 0.6 is 11.3 Å². The molecule has 49 heavy (non-hydrogen) atoms. The van der Waals surface area contributed by atoms with Crippen molar-refractivity contribution in [3.8, 4) is 67.5 Å². The highest BCUT2D eigenvalue weighted by Crippen LogP contribution is 2.37. The zero-order chi connectivity index (χ0) is 32.6. The van der Waals surface area contributed by atoms with Crippen molar-refractivity contribution in [3.05, 3.63) is 176 Å². The molecule has 0 aliphatic carbocycles. The first-order valence-corrected chi connectivity index (χ1v) is 17.2. The Hall–Kier alpha value is -6.23. The Morgan fingerprint density at radius 2 is 0.673 bits per heavy atom. The lowest BCUT2D eigenvalue weighted by Crippen LogP contribution is -2.00. The van der Waals surface area contributed by atoms with Gasteiger partial charge in [0.15, 0.2) is 17.5 Å². The van der Waals surface area contributed by atoms with E-state index >= 15 is 0 Å². The molecule has 0 atom stereocenters. The summed E-state index contributed by atoms with van der Waals surface area (Å²) in [7, 11) is 0. The van der Waals surface area contributed by atoms with Crippen LogP contribution in [0.25, 0.3) is 87.7 Å². The average Bonchev–Trinajstić information content (AvgIpc) is 3.57. The van der Waals surface area contributed by atoms with Gasteiger partial charge in [-0.25, -0.2) is 15.0 Å². The van der Waals surface area contributed by atoms with Gasteiger partial charge < -0.3 is 0 Å². The summed E-state index contributed by atoms with van der Waals surface area (Å²) in [5.74, 6) is 1.92. The van der Waals surface area contributed by atoms with Crippen LogP contribution in [0.5, 0.6) is 0 Å². The molecule has 0 N–H and O–H groups in total. The lowest BCUT2D eigenvalue weighted by atomic mass is 9.96. The van der Waals surface area contributed by atoms with Gasteiger partial charge in [0.05, 0.1) is 0 Å². The number of nitrogens with zero attached hydrogens (tertiary/aromatic N) is 3. The minimum absolute atomic E-state index is 0.637. The number of hydrogen-bond donors (Lipinski definition) is 0. The van der Waals surface area contributed by atoms with Crippen molar-refractivity contribution in [1.82, 2.24) is 15.0 Å². The zero-order valence-electron chi connectivity index (χ0n) is 26.5. The molecule has 9 rings (SSSR count). The van der Waals surface area contributed by atoms with Crippen molar-refractivity contribution in [2.75, 3.05) is 0 Å². The fourth-order valence-electron chi connectivity index (χ4n) is 6.42.